The average Bonchev–Trinajstić information content (AvgIpc) is 2.98. The molecule has 4 N–H and O–H groups in total. The van der Waals surface area contributed by atoms with Crippen molar-refractivity contribution in [3.05, 3.63) is 102 Å². The molecule has 0 bridgehead atoms. The van der Waals surface area contributed by atoms with Crippen LogP contribution in [0.5, 0.6) is 11.5 Å². The summed E-state index contributed by atoms with van der Waals surface area (Å²) < 4.78 is 32.6. The Labute approximate surface area is 279 Å². The zero-order chi connectivity index (χ0) is 31.6. The Morgan fingerprint density at radius 3 is 2.16 bits per heavy atom. The Morgan fingerprint density at radius 1 is 0.844 bits per heavy atom. The van der Waals surface area contributed by atoms with E-state index in [9.17, 15) is 28.0 Å². The molecule has 0 aliphatic rings. The molecule has 12 nitrogen and oxygen atoms in total. The maximum Gasteiger partial charge on any atom is 1.00 e. The molecule has 0 aromatic heterocycles. The Balaban J connectivity index is 0.00000461. The molecule has 5 aromatic carbocycles. The Morgan fingerprint density at radius 2 is 1.51 bits per heavy atom. The molecule has 45 heavy (non-hydrogen) atoms. The summed E-state index contributed by atoms with van der Waals surface area (Å²) in [6.07, 6.45) is 0. The van der Waals surface area contributed by atoms with E-state index in [4.69, 9.17) is 10.6 Å². The molecule has 0 aliphatic heterocycles. The number of rotatable bonds is 8. The van der Waals surface area contributed by atoms with E-state index < -0.39 is 26.7 Å². The van der Waals surface area contributed by atoms with Gasteiger partial charge < -0.3 is 20.8 Å². The quantitative estimate of drug-likeness (QED) is 0.0741. The van der Waals surface area contributed by atoms with Gasteiger partial charge >= 0.3 is 35.5 Å². The zero-order valence-corrected chi connectivity index (χ0v) is 27.1. The number of benzene rings is 5. The maximum absolute atomic E-state index is 12.8. The third-order valence-corrected chi connectivity index (χ3v) is 7.54. The van der Waals surface area contributed by atoms with Crippen molar-refractivity contribution >= 4 is 49.6 Å². The van der Waals surface area contributed by atoms with Crippen LogP contribution in [-0.4, -0.2) is 24.0 Å². The minimum atomic E-state index is -4.63. The van der Waals surface area contributed by atoms with Gasteiger partial charge in [0.15, 0.2) is 5.75 Å². The van der Waals surface area contributed by atoms with Gasteiger partial charge in [-0.3, -0.25) is 4.55 Å². The molecule has 0 radical (unpaired) electrons. The third-order valence-electron chi connectivity index (χ3n) is 6.71. The molecule has 5 aromatic rings. The summed E-state index contributed by atoms with van der Waals surface area (Å²) in [7, 11) is -4.63. The fourth-order valence-corrected chi connectivity index (χ4v) is 5.05. The van der Waals surface area contributed by atoms with Crippen LogP contribution in [0.3, 0.4) is 0 Å². The summed E-state index contributed by atoms with van der Waals surface area (Å²) >= 11 is 0. The van der Waals surface area contributed by atoms with Crippen molar-refractivity contribution in [3.63, 3.8) is 0 Å². The summed E-state index contributed by atoms with van der Waals surface area (Å²) in [4.78, 5) is 16.9. The van der Waals surface area contributed by atoms with Gasteiger partial charge in [-0.15, -0.1) is 10.2 Å². The Bertz CT molecular complexity index is 2090. The van der Waals surface area contributed by atoms with Crippen LogP contribution in [0.25, 0.3) is 21.9 Å². The van der Waals surface area contributed by atoms with Crippen LogP contribution in [0.1, 0.15) is 21.5 Å². The molecule has 0 saturated carbocycles. The smallest absolute Gasteiger partial charge is 0.872 e. The first kappa shape index (κ1) is 33.2. The number of aromatic carboxylic acids is 1. The van der Waals surface area contributed by atoms with E-state index in [1.165, 1.54) is 18.2 Å². The number of carbonyl (C=O) groups is 1. The average molecular weight is 634 g/mol. The van der Waals surface area contributed by atoms with Gasteiger partial charge in [-0.05, 0) is 84.0 Å². The number of hydrogen-bond donors (Lipinski definition) is 3. The normalized spacial score (nSPS) is 11.6. The first-order valence-corrected chi connectivity index (χ1v) is 14.4. The number of hydrogen-bond acceptors (Lipinski definition) is 10. The summed E-state index contributed by atoms with van der Waals surface area (Å²) in [5.41, 5.74) is 9.48. The van der Waals surface area contributed by atoms with Crippen molar-refractivity contribution in [2.45, 2.75) is 18.7 Å². The van der Waals surface area contributed by atoms with Crippen LogP contribution in [0, 0.1) is 13.8 Å². The van der Waals surface area contributed by atoms with Crippen LogP contribution in [-0.2, 0) is 10.1 Å². The minimum absolute atomic E-state index is 0. The summed E-state index contributed by atoms with van der Waals surface area (Å²) in [5.74, 6) is -2.12. The van der Waals surface area contributed by atoms with E-state index in [1.54, 1.807) is 26.0 Å². The standard InChI is InChI=1S/C31H25N5O7S.Na/c1-17-12-21-14-24(44(40,41)42)16-26(37)27(21)29(28(17)32)35-33-23-13-18(2)30(25(15-23)31(38)39)43-36-34-22-10-8-20(9-11-22)19-6-4-3-5-7-19;/h3-16,37H,32H2,1-2H3,(H,38,39)(H,40,41,42);/q;+1/p-1. The fourth-order valence-electron chi connectivity index (χ4n) is 4.52. The van der Waals surface area contributed by atoms with Gasteiger partial charge in [-0.1, -0.05) is 48.2 Å². The number of nitrogens with two attached hydrogens (primary N) is 1. The molecule has 0 amide bonds. The second-order valence-corrected chi connectivity index (χ2v) is 11.2. The number of azo groups is 1. The minimum Gasteiger partial charge on any atom is -0.872 e. The van der Waals surface area contributed by atoms with Gasteiger partial charge in [0.25, 0.3) is 10.1 Å². The largest absolute Gasteiger partial charge is 1.00 e. The third kappa shape index (κ3) is 7.36. The molecule has 0 saturated heterocycles. The number of carboxylic acid groups (broad SMARTS) is 1. The van der Waals surface area contributed by atoms with E-state index in [0.29, 0.717) is 16.8 Å². The fraction of sp³-hybridized carbons (Fsp3) is 0.0645. The summed E-state index contributed by atoms with van der Waals surface area (Å²) in [5, 5.41) is 38.8. The number of fused-ring (bicyclic) bond motifs is 1. The number of carboxylic acids is 1. The molecule has 0 atom stereocenters. The van der Waals surface area contributed by atoms with Crippen molar-refractivity contribution in [2.24, 2.45) is 20.6 Å². The van der Waals surface area contributed by atoms with Gasteiger partial charge in [0.2, 0.25) is 0 Å². The van der Waals surface area contributed by atoms with E-state index in [1.807, 2.05) is 42.5 Å². The molecule has 14 heteroatoms. The molecule has 0 unspecified atom stereocenters. The maximum atomic E-state index is 12.8. The van der Waals surface area contributed by atoms with Crippen LogP contribution in [0.2, 0.25) is 0 Å². The van der Waals surface area contributed by atoms with Gasteiger partial charge in [0.1, 0.15) is 11.3 Å². The van der Waals surface area contributed by atoms with Gasteiger partial charge in [0, 0.05) is 10.7 Å². The van der Waals surface area contributed by atoms with Crippen molar-refractivity contribution in [2.75, 3.05) is 5.73 Å². The van der Waals surface area contributed by atoms with Crippen molar-refractivity contribution in [1.82, 2.24) is 0 Å². The molecular weight excluding hydrogens is 609 g/mol. The predicted octanol–water partition coefficient (Wildman–Crippen LogP) is 4.22. The molecule has 0 spiro atoms. The molecule has 0 aliphatic carbocycles. The van der Waals surface area contributed by atoms with Crippen LogP contribution >= 0.6 is 0 Å². The second-order valence-electron chi connectivity index (χ2n) is 9.78. The van der Waals surface area contributed by atoms with Crippen molar-refractivity contribution in [1.29, 1.82) is 0 Å². The van der Waals surface area contributed by atoms with Crippen LogP contribution in [0.15, 0.2) is 110 Å². The zero-order valence-electron chi connectivity index (χ0n) is 24.3. The Hall–Kier alpha value is -4.66. The molecule has 5 rings (SSSR count). The van der Waals surface area contributed by atoms with Crippen LogP contribution < -0.4 is 45.2 Å². The van der Waals surface area contributed by atoms with E-state index in [2.05, 4.69) is 20.6 Å². The van der Waals surface area contributed by atoms with E-state index in [0.717, 1.165) is 23.3 Å². The van der Waals surface area contributed by atoms with Gasteiger partial charge in [-0.25, -0.2) is 4.79 Å². The van der Waals surface area contributed by atoms with Gasteiger partial charge in [-0.2, -0.15) is 13.5 Å². The number of nitrogens with zero attached hydrogens (tertiary/aromatic N) is 4. The van der Waals surface area contributed by atoms with Crippen molar-refractivity contribution < 1.29 is 62.4 Å². The molecule has 0 heterocycles. The van der Waals surface area contributed by atoms with Crippen molar-refractivity contribution in [3.8, 4) is 22.6 Å². The predicted molar refractivity (Wildman–Crippen MR) is 162 cm³/mol. The second kappa shape index (κ2) is 13.5. The van der Waals surface area contributed by atoms with E-state index in [-0.39, 0.29) is 68.7 Å². The number of aryl methyl sites for hydroxylation is 2. The SMILES string of the molecule is Cc1cc2cc(S(=O)(=O)O)cc([O-])c2c(N=Nc2cc(C)c(ON=Nc3ccc(-c4ccccc4)cc3)c(C(=O)O)c2)c1N.[Na+]. The number of nitrogen functional groups attached to an aromatic ring is 1. The van der Waals surface area contributed by atoms with E-state index >= 15 is 0 Å². The molecule has 222 valence electrons. The monoisotopic (exact) mass is 633 g/mol. The van der Waals surface area contributed by atoms with Gasteiger partial charge in [0.05, 0.1) is 22.0 Å². The first-order valence-electron chi connectivity index (χ1n) is 13.0. The summed E-state index contributed by atoms with van der Waals surface area (Å²) in [6.45, 7) is 3.22. The van der Waals surface area contributed by atoms with Crippen LogP contribution in [0.4, 0.5) is 22.7 Å². The molecular formula is C31H24N5NaO7S. The Kier molecular flexibility index (Phi) is 10.0. The topological polar surface area (TPSA) is 199 Å². The summed E-state index contributed by atoms with van der Waals surface area (Å²) in [6, 6.07) is 23.1. The first-order chi connectivity index (χ1) is 20.9. The number of anilines is 1. The molecule has 0 fully saturated rings.